The first-order chi connectivity index (χ1) is 22.7. The number of ether oxygens (including phenoxy) is 2. The number of fused-ring (bicyclic) bond motifs is 5. The topological polar surface area (TPSA) is 156 Å². The Morgan fingerprint density at radius 2 is 1.85 bits per heavy atom. The molecule has 3 aromatic rings. The normalized spacial score (nSPS) is 21.8. The first-order valence-electron chi connectivity index (χ1n) is 16.1. The molecule has 1 atom stereocenters. The second-order valence-corrected chi connectivity index (χ2v) is 12.6. The third-order valence-corrected chi connectivity index (χ3v) is 9.34. The summed E-state index contributed by atoms with van der Waals surface area (Å²) in [6.45, 7) is 3.33. The maximum atomic E-state index is 14.8. The number of piperidine rings is 1. The minimum atomic E-state index is -1.05. The molecule has 1 unspecified atom stereocenters. The summed E-state index contributed by atoms with van der Waals surface area (Å²) in [4.78, 5) is 60.7. The molecule has 3 aliphatic heterocycles. The second kappa shape index (κ2) is 13.5. The number of hydrogen-bond donors (Lipinski definition) is 3. The van der Waals surface area contributed by atoms with Crippen molar-refractivity contribution in [2.75, 3.05) is 46.5 Å². The van der Waals surface area contributed by atoms with E-state index in [1.807, 2.05) is 47.4 Å². The number of aliphatic imine (C=N–C) groups is 1. The van der Waals surface area contributed by atoms with Crippen molar-refractivity contribution in [3.63, 3.8) is 0 Å². The fourth-order valence-electron chi connectivity index (χ4n) is 6.94. The van der Waals surface area contributed by atoms with E-state index in [4.69, 9.17) is 9.47 Å². The van der Waals surface area contributed by atoms with Gasteiger partial charge in [0.05, 0.1) is 17.5 Å². The van der Waals surface area contributed by atoms with Gasteiger partial charge in [-0.15, -0.1) is 0 Å². The Morgan fingerprint density at radius 1 is 1.04 bits per heavy atom. The molecular formula is C34H41N7O6. The van der Waals surface area contributed by atoms with Gasteiger partial charge in [-0.2, -0.15) is 5.10 Å². The van der Waals surface area contributed by atoms with Gasteiger partial charge in [-0.05, 0) is 62.8 Å². The van der Waals surface area contributed by atoms with Gasteiger partial charge in [0.2, 0.25) is 5.91 Å². The average Bonchev–Trinajstić information content (AvgIpc) is 3.57. The van der Waals surface area contributed by atoms with Gasteiger partial charge in [-0.1, -0.05) is 30.3 Å². The van der Waals surface area contributed by atoms with E-state index >= 15 is 0 Å². The van der Waals surface area contributed by atoms with Crippen molar-refractivity contribution >= 4 is 40.4 Å². The monoisotopic (exact) mass is 643 g/mol. The molecule has 13 nitrogen and oxygen atoms in total. The molecule has 248 valence electrons. The third-order valence-electron chi connectivity index (χ3n) is 9.34. The number of amidine groups is 1. The van der Waals surface area contributed by atoms with Crippen LogP contribution in [0.4, 0.5) is 0 Å². The molecule has 2 bridgehead atoms. The largest absolute Gasteiger partial charge is 0.484 e. The maximum absolute atomic E-state index is 14.8. The van der Waals surface area contributed by atoms with E-state index in [-0.39, 0.29) is 49.9 Å². The number of hydrogen-bond acceptors (Lipinski definition) is 8. The Balaban J connectivity index is 1.37. The molecule has 1 saturated heterocycles. The lowest BCUT2D eigenvalue weighted by molar-refractivity contribution is -0.145. The quantitative estimate of drug-likeness (QED) is 0.358. The Kier molecular flexibility index (Phi) is 9.26. The zero-order valence-electron chi connectivity index (χ0n) is 26.8. The number of nitrogens with zero attached hydrogens (tertiary/aromatic N) is 4. The Bertz CT molecular complexity index is 1710. The number of methoxy groups -OCH3 is 1. The van der Waals surface area contributed by atoms with Crippen molar-refractivity contribution in [3.05, 3.63) is 59.8 Å². The van der Waals surface area contributed by atoms with Gasteiger partial charge >= 0.3 is 0 Å². The van der Waals surface area contributed by atoms with E-state index in [1.54, 1.807) is 24.8 Å². The highest BCUT2D eigenvalue weighted by Gasteiger charge is 2.48. The van der Waals surface area contributed by atoms with Gasteiger partial charge in [0.15, 0.2) is 6.61 Å². The van der Waals surface area contributed by atoms with Crippen LogP contribution in [0.3, 0.4) is 0 Å². The van der Waals surface area contributed by atoms with Crippen molar-refractivity contribution in [1.29, 1.82) is 0 Å². The third kappa shape index (κ3) is 6.71. The van der Waals surface area contributed by atoms with Gasteiger partial charge in [0.1, 0.15) is 22.8 Å². The van der Waals surface area contributed by atoms with Crippen molar-refractivity contribution < 1.29 is 28.7 Å². The van der Waals surface area contributed by atoms with Crippen LogP contribution in [0.5, 0.6) is 5.75 Å². The van der Waals surface area contributed by atoms with E-state index in [2.05, 4.69) is 26.0 Å². The summed E-state index contributed by atoms with van der Waals surface area (Å²) < 4.78 is 12.8. The number of carbonyl (C=O) groups is 4. The van der Waals surface area contributed by atoms with Gasteiger partial charge in [-0.3, -0.25) is 28.9 Å². The SMILES string of the molecule is COCCCC1(C(=O)N2CCC3(CC2)N=C(C)NC3=O)CNC(=O)c2c3ccccc3nn2CCNC(=O)COc2cccc(c2)C1. The molecule has 6 rings (SSSR count). The van der Waals surface area contributed by atoms with Crippen molar-refractivity contribution in [2.24, 2.45) is 10.4 Å². The van der Waals surface area contributed by atoms with Crippen LogP contribution >= 0.6 is 0 Å². The lowest BCUT2D eigenvalue weighted by Crippen LogP contribution is -2.56. The summed E-state index contributed by atoms with van der Waals surface area (Å²) in [5.74, 6) is 0.220. The summed E-state index contributed by atoms with van der Waals surface area (Å²) in [5.41, 5.74) is -0.0623. The second-order valence-electron chi connectivity index (χ2n) is 12.6. The molecule has 2 aromatic carbocycles. The molecule has 13 heteroatoms. The molecule has 1 spiro atoms. The maximum Gasteiger partial charge on any atom is 0.270 e. The molecule has 4 heterocycles. The molecule has 0 radical (unpaired) electrons. The van der Waals surface area contributed by atoms with Crippen LogP contribution < -0.4 is 20.7 Å². The minimum Gasteiger partial charge on any atom is -0.484 e. The van der Waals surface area contributed by atoms with Crippen molar-refractivity contribution in [2.45, 2.75) is 51.1 Å². The van der Waals surface area contributed by atoms with Gasteiger partial charge in [-0.25, -0.2) is 0 Å². The Hall–Kier alpha value is -4.78. The first-order valence-corrected chi connectivity index (χ1v) is 16.1. The molecule has 1 fully saturated rings. The highest BCUT2D eigenvalue weighted by molar-refractivity contribution is 6.07. The number of amides is 4. The lowest BCUT2D eigenvalue weighted by Gasteiger charge is -2.42. The minimum absolute atomic E-state index is 0.0646. The van der Waals surface area contributed by atoms with E-state index < -0.39 is 11.0 Å². The number of benzene rings is 2. The lowest BCUT2D eigenvalue weighted by atomic mass is 9.75. The summed E-state index contributed by atoms with van der Waals surface area (Å²) in [5, 5.41) is 14.1. The highest BCUT2D eigenvalue weighted by Crippen LogP contribution is 2.36. The van der Waals surface area contributed by atoms with E-state index in [9.17, 15) is 19.2 Å². The number of aromatic nitrogens is 2. The number of rotatable bonds is 5. The fraction of sp³-hybridized carbons (Fsp3) is 0.471. The van der Waals surface area contributed by atoms with Gasteiger partial charge in [0.25, 0.3) is 17.7 Å². The zero-order valence-corrected chi connectivity index (χ0v) is 26.8. The molecule has 0 saturated carbocycles. The summed E-state index contributed by atoms with van der Waals surface area (Å²) >= 11 is 0. The molecule has 47 heavy (non-hydrogen) atoms. The van der Waals surface area contributed by atoms with Gasteiger partial charge in [0, 0.05) is 45.3 Å². The van der Waals surface area contributed by atoms with Crippen LogP contribution in [0.15, 0.2) is 53.5 Å². The zero-order chi connectivity index (χ0) is 33.0. The molecule has 1 aromatic heterocycles. The van der Waals surface area contributed by atoms with Crippen LogP contribution in [0.1, 0.15) is 48.7 Å². The smallest absolute Gasteiger partial charge is 0.270 e. The van der Waals surface area contributed by atoms with E-state index in [0.29, 0.717) is 80.0 Å². The molecule has 3 N–H and O–H groups in total. The molecule has 4 amide bonds. The predicted molar refractivity (Wildman–Crippen MR) is 174 cm³/mol. The molecule has 0 aliphatic carbocycles. The van der Waals surface area contributed by atoms with Crippen LogP contribution in [0, 0.1) is 5.41 Å². The summed E-state index contributed by atoms with van der Waals surface area (Å²) in [7, 11) is 1.62. The number of carbonyl (C=O) groups excluding carboxylic acids is 4. The molecular weight excluding hydrogens is 602 g/mol. The molecule has 3 aliphatic rings. The summed E-state index contributed by atoms with van der Waals surface area (Å²) in [6.07, 6.45) is 2.16. The van der Waals surface area contributed by atoms with Crippen LogP contribution in [-0.4, -0.2) is 96.2 Å². The van der Waals surface area contributed by atoms with Crippen LogP contribution in [0.2, 0.25) is 0 Å². The first kappa shape index (κ1) is 32.2. The summed E-state index contributed by atoms with van der Waals surface area (Å²) in [6, 6.07) is 14.8. The Morgan fingerprint density at radius 3 is 2.62 bits per heavy atom. The van der Waals surface area contributed by atoms with Crippen molar-refractivity contribution in [1.82, 2.24) is 30.6 Å². The van der Waals surface area contributed by atoms with Crippen molar-refractivity contribution in [3.8, 4) is 5.75 Å². The number of likely N-dealkylation sites (tertiary alicyclic amines) is 1. The predicted octanol–water partition coefficient (Wildman–Crippen LogP) is 1.84. The Labute approximate surface area is 273 Å². The van der Waals surface area contributed by atoms with E-state index in [1.165, 1.54) is 0 Å². The van der Waals surface area contributed by atoms with Gasteiger partial charge < -0.3 is 30.3 Å². The van der Waals surface area contributed by atoms with Crippen LogP contribution in [0.25, 0.3) is 10.9 Å². The van der Waals surface area contributed by atoms with E-state index in [0.717, 1.165) is 5.56 Å². The highest BCUT2D eigenvalue weighted by atomic mass is 16.5. The fourth-order valence-corrected chi connectivity index (χ4v) is 6.94. The average molecular weight is 644 g/mol. The number of nitrogens with one attached hydrogen (secondary N) is 3. The standard InChI is InChI=1S/C34H41N7O6/c1-23-37-31(44)34(38-23)12-15-40(16-13-34)32(45)33(11-6-18-46-2)20-24-7-5-8-25(19-24)47-21-28(42)35-14-17-41-29(30(43)36-22-33)26-9-3-4-10-27(26)39-41/h3-5,7-10,19H,6,11-18,20-22H2,1-2H3,(H,35,42)(H,36,43)(H,37,38,44). The van der Waals surface area contributed by atoms with Crippen LogP contribution in [-0.2, 0) is 32.1 Å².